The Morgan fingerprint density at radius 3 is 1.56 bits per heavy atom. The minimum Gasteiger partial charge on any atom is -0.396 e. The molecule has 0 saturated heterocycles. The minimum atomic E-state index is -1.16. The van der Waals surface area contributed by atoms with E-state index in [-0.39, 0.29) is 114 Å². The molecule has 0 bridgehead atoms. The van der Waals surface area contributed by atoms with Crippen LogP contribution in [-0.2, 0) is 54.4 Å². The van der Waals surface area contributed by atoms with Crippen molar-refractivity contribution in [3.63, 3.8) is 0 Å². The average molecular weight is 1140 g/mol. The molecule has 0 aliphatic heterocycles. The van der Waals surface area contributed by atoms with Gasteiger partial charge in [-0.05, 0) is 99.7 Å². The number of rotatable bonds is 42. The summed E-state index contributed by atoms with van der Waals surface area (Å²) in [7, 11) is 0. The van der Waals surface area contributed by atoms with Crippen molar-refractivity contribution >= 4 is 58.5 Å². The van der Waals surface area contributed by atoms with Crippen LogP contribution in [-0.4, -0.2) is 120 Å². The van der Waals surface area contributed by atoms with Gasteiger partial charge < -0.3 is 55.0 Å². The van der Waals surface area contributed by atoms with Crippen LogP contribution in [0.5, 0.6) is 0 Å². The summed E-state index contributed by atoms with van der Waals surface area (Å²) in [5, 5.41) is 21.1. The van der Waals surface area contributed by atoms with Crippen LogP contribution < -0.4 is 49.9 Å². The highest BCUT2D eigenvalue weighted by molar-refractivity contribution is 5.98. The lowest BCUT2D eigenvalue weighted by atomic mass is 9.83. The summed E-state index contributed by atoms with van der Waals surface area (Å²) in [4.78, 5) is 138. The molecule has 1 aromatic carbocycles. The van der Waals surface area contributed by atoms with Crippen LogP contribution >= 0.6 is 0 Å². The molecule has 15 N–H and O–H groups in total. The maximum Gasteiger partial charge on any atom is 0.224 e. The molecule has 5 amide bonds. The quantitative estimate of drug-likeness (QED) is 0.0447. The van der Waals surface area contributed by atoms with E-state index < -0.39 is 125 Å². The Hall–Kier alpha value is -5.28. The predicted molar refractivity (Wildman–Crippen MR) is 313 cm³/mol. The van der Waals surface area contributed by atoms with Crippen LogP contribution in [0.2, 0.25) is 0 Å². The third-order valence-corrected chi connectivity index (χ3v) is 16.0. The van der Waals surface area contributed by atoms with Crippen LogP contribution in [0.15, 0.2) is 30.3 Å². The van der Waals surface area contributed by atoms with Crippen molar-refractivity contribution in [2.45, 2.75) is 201 Å². The number of primary amides is 1. The van der Waals surface area contributed by atoms with E-state index in [1.807, 2.05) is 47.6 Å². The number of hydrogen-bond donors (Lipinski definition) is 10. The van der Waals surface area contributed by atoms with Crippen molar-refractivity contribution in [2.24, 2.45) is 87.8 Å². The lowest BCUT2D eigenvalue weighted by Crippen LogP contribution is -2.51. The Kier molecular flexibility index (Phi) is 33.5. The number of nitrogens with one attached hydrogen (secondary N) is 4. The highest BCUT2D eigenvalue weighted by Crippen LogP contribution is 2.29. The average Bonchev–Trinajstić information content (AvgIpc) is 3.43. The van der Waals surface area contributed by atoms with E-state index in [9.17, 15) is 53.1 Å². The van der Waals surface area contributed by atoms with E-state index in [0.29, 0.717) is 24.3 Å². The van der Waals surface area contributed by atoms with E-state index in [1.54, 1.807) is 38.1 Å². The van der Waals surface area contributed by atoms with Crippen molar-refractivity contribution in [3.8, 4) is 0 Å². The van der Waals surface area contributed by atoms with Crippen molar-refractivity contribution < 1.29 is 53.1 Å². The number of nitrogens with two attached hydrogens (primary N) is 5. The van der Waals surface area contributed by atoms with Gasteiger partial charge in [0.25, 0.3) is 0 Å². The molecule has 0 radical (unpaired) electrons. The summed E-state index contributed by atoms with van der Waals surface area (Å²) >= 11 is 0. The topological polar surface area (TPSA) is 369 Å². The second-order valence-electron chi connectivity index (χ2n) is 24.2. The minimum absolute atomic E-state index is 0.00666. The molecular weight excluding hydrogens is 1030 g/mol. The Balaban J connectivity index is 2.38. The van der Waals surface area contributed by atoms with Crippen LogP contribution in [0.1, 0.15) is 170 Å². The first kappa shape index (κ1) is 71.8. The van der Waals surface area contributed by atoms with Gasteiger partial charge in [-0.1, -0.05) is 124 Å². The third kappa shape index (κ3) is 25.8. The molecule has 0 heterocycles. The number of aliphatic hydroxyl groups is 1. The Morgan fingerprint density at radius 1 is 0.556 bits per heavy atom. The van der Waals surface area contributed by atoms with Crippen LogP contribution in [0.25, 0.3) is 0 Å². The number of carbonyl (C=O) groups excluding carboxylic acids is 10. The van der Waals surface area contributed by atoms with Gasteiger partial charge in [0.1, 0.15) is 5.78 Å². The van der Waals surface area contributed by atoms with Crippen LogP contribution in [0.3, 0.4) is 0 Å². The van der Waals surface area contributed by atoms with E-state index in [1.165, 1.54) is 6.42 Å². The summed E-state index contributed by atoms with van der Waals surface area (Å²) in [5.74, 6) is -10.6. The fourth-order valence-corrected chi connectivity index (χ4v) is 10.8. The van der Waals surface area contributed by atoms with E-state index in [0.717, 1.165) is 25.7 Å². The van der Waals surface area contributed by atoms with Gasteiger partial charge >= 0.3 is 0 Å². The molecule has 1 fully saturated rings. The van der Waals surface area contributed by atoms with Gasteiger partial charge in [-0.25, -0.2) is 0 Å². The third-order valence-electron chi connectivity index (χ3n) is 16.0. The SMILES string of the molecule is CC[C@H](C)[C@H](NC(=O)[C@H](CCN)CC(=O)[C@@H](N)CC1CCCCC1)C(=O)C[C@@H](CCN)C(=O)N[C@H](Cc1ccccc1)C(=O)C[C@@H](CC(C)C)C(=O)N[C@@H](CCN)C(=O)C[C@@H](C(=O)N[C@@H](CC(C)C)C(=O)C[C@@H](CO)C(N)=O)C(C)C. The second-order valence-corrected chi connectivity index (χ2v) is 24.2. The smallest absolute Gasteiger partial charge is 0.224 e. The zero-order valence-electron chi connectivity index (χ0n) is 50.0. The molecule has 458 valence electrons. The maximum atomic E-state index is 14.7. The summed E-state index contributed by atoms with van der Waals surface area (Å²) in [5.41, 5.74) is 30.4. The zero-order chi connectivity index (χ0) is 60.9. The second kappa shape index (κ2) is 37.7. The summed E-state index contributed by atoms with van der Waals surface area (Å²) in [6.07, 6.45) is 5.84. The summed E-state index contributed by atoms with van der Waals surface area (Å²) in [6, 6.07) is 3.94. The first-order chi connectivity index (χ1) is 38.3. The van der Waals surface area contributed by atoms with Crippen molar-refractivity contribution in [1.82, 2.24) is 21.3 Å². The molecule has 20 heteroatoms. The maximum absolute atomic E-state index is 14.7. The van der Waals surface area contributed by atoms with E-state index in [2.05, 4.69) is 21.3 Å². The Morgan fingerprint density at radius 2 is 1.04 bits per heavy atom. The number of Topliss-reactive ketones (excluding diaryl/α,β-unsaturated/α-hetero) is 5. The van der Waals surface area contributed by atoms with Gasteiger partial charge in [0.15, 0.2) is 23.1 Å². The number of hydrogen-bond acceptors (Lipinski definition) is 15. The number of aliphatic hydroxyl groups excluding tert-OH is 1. The molecule has 11 atom stereocenters. The Bertz CT molecular complexity index is 2170. The first-order valence-electron chi connectivity index (χ1n) is 29.9. The molecule has 1 aromatic rings. The van der Waals surface area contributed by atoms with Gasteiger partial charge in [0, 0.05) is 55.8 Å². The highest BCUT2D eigenvalue weighted by atomic mass is 16.3. The predicted octanol–water partition coefficient (Wildman–Crippen LogP) is 3.66. The Labute approximate surface area is 482 Å². The molecule has 81 heavy (non-hydrogen) atoms. The molecule has 0 spiro atoms. The van der Waals surface area contributed by atoms with Gasteiger partial charge in [-0.15, -0.1) is 0 Å². The van der Waals surface area contributed by atoms with E-state index in [4.69, 9.17) is 28.7 Å². The lowest BCUT2D eigenvalue weighted by Gasteiger charge is -2.29. The molecule has 0 unspecified atom stereocenters. The van der Waals surface area contributed by atoms with Gasteiger partial charge in [0.05, 0.1) is 42.7 Å². The normalized spacial score (nSPS) is 17.1. The van der Waals surface area contributed by atoms with Crippen molar-refractivity contribution in [3.05, 3.63) is 35.9 Å². The largest absolute Gasteiger partial charge is 0.396 e. The van der Waals surface area contributed by atoms with Crippen molar-refractivity contribution in [1.29, 1.82) is 0 Å². The zero-order valence-corrected chi connectivity index (χ0v) is 50.0. The molecule has 1 aliphatic carbocycles. The summed E-state index contributed by atoms with van der Waals surface area (Å²) in [6.45, 7) is 14.2. The molecule has 1 saturated carbocycles. The number of amides is 5. The number of carbonyl (C=O) groups is 10. The molecule has 2 rings (SSSR count). The van der Waals surface area contributed by atoms with Crippen LogP contribution in [0, 0.1) is 59.2 Å². The molecule has 20 nitrogen and oxygen atoms in total. The lowest BCUT2D eigenvalue weighted by molar-refractivity contribution is -0.137. The number of benzene rings is 1. The van der Waals surface area contributed by atoms with Crippen molar-refractivity contribution in [2.75, 3.05) is 26.2 Å². The number of ketones is 5. The van der Waals surface area contributed by atoms with E-state index >= 15 is 0 Å². The highest BCUT2D eigenvalue weighted by Gasteiger charge is 2.38. The standard InChI is InChI=1S/C61H103N9O11/c1-9-39(8)56(70-59(79)42(20-23-62)30-51(72)47(65)28-40-16-12-10-13-17-40)55(76)31-43(21-24-63)58(78)68-50(29-41-18-14-11-15-19-41)52(73)32-44(26-36(2)3)60(80)67-48(22-25-64)54(75)34-46(38(6)7)61(81)69-49(27-37(4)5)53(74)33-45(35-71)57(66)77/h11,14-15,18-19,36-40,42-50,56,71H,9-10,12-13,16-17,20-35,62-65H2,1-8H3,(H2,66,77)(H,67,80)(H,68,78)(H,69,81)(H,70,79)/t39-,42+,43+,44+,45-,46+,47-,48-,49-,50+,56-/m0/s1. The molecular formula is C61H103N9O11. The molecule has 1 aliphatic rings. The monoisotopic (exact) mass is 1140 g/mol. The van der Waals surface area contributed by atoms with Gasteiger partial charge in [0.2, 0.25) is 29.5 Å². The fraction of sp³-hybridized carbons (Fsp3) is 0.738. The van der Waals surface area contributed by atoms with Gasteiger partial charge in [-0.3, -0.25) is 47.9 Å². The fourth-order valence-electron chi connectivity index (χ4n) is 10.8. The van der Waals surface area contributed by atoms with Gasteiger partial charge in [-0.2, -0.15) is 0 Å². The van der Waals surface area contributed by atoms with Crippen LogP contribution in [0.4, 0.5) is 0 Å². The molecule has 0 aromatic heterocycles. The first-order valence-corrected chi connectivity index (χ1v) is 29.9. The summed E-state index contributed by atoms with van der Waals surface area (Å²) < 4.78 is 0.